The summed E-state index contributed by atoms with van der Waals surface area (Å²) in [6.07, 6.45) is 2.78. The first-order valence-corrected chi connectivity index (χ1v) is 4.81. The highest BCUT2D eigenvalue weighted by molar-refractivity contribution is 6.04. The average molecular weight is 250 g/mol. The molecule has 0 aliphatic carbocycles. The van der Waals surface area contributed by atoms with Crippen LogP contribution in [-0.4, -0.2) is 21.0 Å². The van der Waals surface area contributed by atoms with E-state index in [0.29, 0.717) is 5.69 Å². The number of H-pyrrole nitrogens is 1. The fourth-order valence-corrected chi connectivity index (χ4v) is 1.33. The lowest BCUT2D eigenvalue weighted by Crippen LogP contribution is -2.12. The van der Waals surface area contributed by atoms with Crippen LogP contribution in [0.3, 0.4) is 0 Å². The summed E-state index contributed by atoms with van der Waals surface area (Å²) < 4.78 is 13.1. The molecule has 2 aromatic rings. The van der Waals surface area contributed by atoms with Gasteiger partial charge >= 0.3 is 0 Å². The summed E-state index contributed by atoms with van der Waals surface area (Å²) >= 11 is 0. The number of benzene rings is 1. The summed E-state index contributed by atoms with van der Waals surface area (Å²) in [6.45, 7) is 0. The fourth-order valence-electron chi connectivity index (χ4n) is 1.33. The Labute approximate surface area is 99.8 Å². The van der Waals surface area contributed by atoms with Crippen molar-refractivity contribution in [1.29, 1.82) is 0 Å². The predicted octanol–water partition coefficient (Wildman–Crippen LogP) is 1.71. The summed E-state index contributed by atoms with van der Waals surface area (Å²) in [4.78, 5) is 21.5. The number of rotatable bonds is 3. The van der Waals surface area contributed by atoms with E-state index in [4.69, 9.17) is 0 Å². The number of anilines is 1. The number of hydrogen-bond donors (Lipinski definition) is 2. The molecule has 18 heavy (non-hydrogen) atoms. The molecule has 1 amide bonds. The van der Waals surface area contributed by atoms with Crippen LogP contribution in [0.25, 0.3) is 0 Å². The second kappa shape index (κ2) is 4.62. The Kier molecular flexibility index (Phi) is 3.00. The molecule has 7 nitrogen and oxygen atoms in total. The third-order valence-electron chi connectivity index (χ3n) is 2.11. The maximum atomic E-state index is 13.1. The van der Waals surface area contributed by atoms with Crippen LogP contribution in [0.1, 0.15) is 10.4 Å². The van der Waals surface area contributed by atoms with Gasteiger partial charge in [-0.3, -0.25) is 20.0 Å². The number of non-ortho nitro benzene ring substituents is 1. The van der Waals surface area contributed by atoms with Crippen LogP contribution in [0.2, 0.25) is 0 Å². The Hall–Kier alpha value is -2.77. The maximum absolute atomic E-state index is 13.1. The third kappa shape index (κ3) is 2.48. The molecule has 0 saturated heterocycles. The molecule has 8 heteroatoms. The van der Waals surface area contributed by atoms with Gasteiger partial charge in [-0.05, 0) is 6.07 Å². The van der Waals surface area contributed by atoms with Crippen molar-refractivity contribution in [1.82, 2.24) is 10.2 Å². The van der Waals surface area contributed by atoms with E-state index < -0.39 is 22.3 Å². The van der Waals surface area contributed by atoms with Crippen LogP contribution < -0.4 is 5.32 Å². The van der Waals surface area contributed by atoms with Gasteiger partial charge < -0.3 is 5.32 Å². The molecule has 1 heterocycles. The molecule has 2 rings (SSSR count). The van der Waals surface area contributed by atoms with Crippen molar-refractivity contribution >= 4 is 17.3 Å². The van der Waals surface area contributed by atoms with E-state index in [9.17, 15) is 19.3 Å². The molecule has 0 saturated carbocycles. The minimum atomic E-state index is -0.846. The maximum Gasteiger partial charge on any atom is 0.273 e. The van der Waals surface area contributed by atoms with Crippen LogP contribution in [-0.2, 0) is 0 Å². The first kappa shape index (κ1) is 11.7. The molecule has 2 N–H and O–H groups in total. The first-order valence-electron chi connectivity index (χ1n) is 4.81. The SMILES string of the molecule is O=C(Nc1cn[nH]c1)c1cc(F)cc([N+](=O)[O-])c1. The Balaban J connectivity index is 2.27. The van der Waals surface area contributed by atoms with Gasteiger partial charge in [-0.25, -0.2) is 4.39 Å². The number of aromatic amines is 1. The van der Waals surface area contributed by atoms with Crippen LogP contribution >= 0.6 is 0 Å². The number of nitro groups is 1. The molecule has 1 aromatic carbocycles. The quantitative estimate of drug-likeness (QED) is 0.639. The van der Waals surface area contributed by atoms with Crippen LogP contribution in [0, 0.1) is 15.9 Å². The zero-order valence-corrected chi connectivity index (χ0v) is 8.88. The molecular formula is C10H7FN4O3. The van der Waals surface area contributed by atoms with Gasteiger partial charge in [0.05, 0.1) is 22.9 Å². The summed E-state index contributed by atoms with van der Waals surface area (Å²) in [5, 5.41) is 19.0. The van der Waals surface area contributed by atoms with Gasteiger partial charge in [-0.1, -0.05) is 0 Å². The van der Waals surface area contributed by atoms with Gasteiger partial charge in [0.1, 0.15) is 5.82 Å². The van der Waals surface area contributed by atoms with Crippen molar-refractivity contribution in [3.05, 3.63) is 52.1 Å². The van der Waals surface area contributed by atoms with Crippen molar-refractivity contribution in [3.8, 4) is 0 Å². The van der Waals surface area contributed by atoms with Gasteiger partial charge in [0.2, 0.25) is 0 Å². The highest BCUT2D eigenvalue weighted by Crippen LogP contribution is 2.17. The molecule has 0 fully saturated rings. The summed E-state index contributed by atoms with van der Waals surface area (Å²) in [5.74, 6) is -1.50. The molecule has 0 unspecified atom stereocenters. The average Bonchev–Trinajstić information content (AvgIpc) is 2.80. The van der Waals surface area contributed by atoms with Gasteiger partial charge in [-0.2, -0.15) is 5.10 Å². The molecule has 1 aromatic heterocycles. The minimum absolute atomic E-state index is 0.136. The molecule has 0 aliphatic rings. The Morgan fingerprint density at radius 1 is 1.44 bits per heavy atom. The number of nitro benzene ring substituents is 1. The standard InChI is InChI=1S/C10H7FN4O3/c11-7-1-6(2-9(3-7)15(17)18)10(16)14-8-4-12-13-5-8/h1-5H,(H,12,13)(H,14,16). The minimum Gasteiger partial charge on any atom is -0.319 e. The Bertz CT molecular complexity index is 597. The predicted molar refractivity (Wildman–Crippen MR) is 59.6 cm³/mol. The molecule has 92 valence electrons. The second-order valence-electron chi connectivity index (χ2n) is 3.40. The van der Waals surface area contributed by atoms with Crippen molar-refractivity contribution in [3.63, 3.8) is 0 Å². The topological polar surface area (TPSA) is 101 Å². The largest absolute Gasteiger partial charge is 0.319 e. The molecule has 0 aliphatic heterocycles. The second-order valence-corrected chi connectivity index (χ2v) is 3.40. The normalized spacial score (nSPS) is 10.1. The van der Waals surface area contributed by atoms with E-state index in [1.807, 2.05) is 0 Å². The number of nitrogens with zero attached hydrogens (tertiary/aromatic N) is 2. The van der Waals surface area contributed by atoms with Crippen LogP contribution in [0.5, 0.6) is 0 Å². The first-order chi connectivity index (χ1) is 8.56. The van der Waals surface area contributed by atoms with E-state index >= 15 is 0 Å². The molecular weight excluding hydrogens is 243 g/mol. The third-order valence-corrected chi connectivity index (χ3v) is 2.11. The number of carbonyl (C=O) groups is 1. The number of halogens is 1. The van der Waals surface area contributed by atoms with E-state index in [0.717, 1.165) is 18.2 Å². The highest BCUT2D eigenvalue weighted by atomic mass is 19.1. The zero-order chi connectivity index (χ0) is 13.1. The van der Waals surface area contributed by atoms with Gasteiger partial charge in [0.15, 0.2) is 0 Å². The van der Waals surface area contributed by atoms with E-state index in [2.05, 4.69) is 15.5 Å². The van der Waals surface area contributed by atoms with Crippen LogP contribution in [0.15, 0.2) is 30.6 Å². The van der Waals surface area contributed by atoms with Crippen LogP contribution in [0.4, 0.5) is 15.8 Å². The van der Waals surface area contributed by atoms with E-state index in [-0.39, 0.29) is 5.56 Å². The lowest BCUT2D eigenvalue weighted by Gasteiger charge is -2.02. The lowest BCUT2D eigenvalue weighted by atomic mass is 10.2. The van der Waals surface area contributed by atoms with Crippen molar-refractivity contribution < 1.29 is 14.1 Å². The Morgan fingerprint density at radius 2 is 2.22 bits per heavy atom. The lowest BCUT2D eigenvalue weighted by molar-refractivity contribution is -0.385. The number of aromatic nitrogens is 2. The monoisotopic (exact) mass is 250 g/mol. The summed E-state index contributed by atoms with van der Waals surface area (Å²) in [7, 11) is 0. The van der Waals surface area contributed by atoms with Gasteiger partial charge in [0.25, 0.3) is 11.6 Å². The number of hydrogen-bond acceptors (Lipinski definition) is 4. The molecule has 0 bridgehead atoms. The Morgan fingerprint density at radius 3 is 2.83 bits per heavy atom. The number of nitrogens with one attached hydrogen (secondary N) is 2. The molecule has 0 radical (unpaired) electrons. The zero-order valence-electron chi connectivity index (χ0n) is 8.88. The summed E-state index contributed by atoms with van der Waals surface area (Å²) in [5.41, 5.74) is -0.234. The van der Waals surface area contributed by atoms with Crippen molar-refractivity contribution in [2.45, 2.75) is 0 Å². The molecule has 0 spiro atoms. The van der Waals surface area contributed by atoms with E-state index in [1.54, 1.807) is 0 Å². The van der Waals surface area contributed by atoms with Gasteiger partial charge in [0, 0.05) is 17.8 Å². The van der Waals surface area contributed by atoms with Crippen molar-refractivity contribution in [2.24, 2.45) is 0 Å². The van der Waals surface area contributed by atoms with Crippen molar-refractivity contribution in [2.75, 3.05) is 5.32 Å². The smallest absolute Gasteiger partial charge is 0.273 e. The molecule has 0 atom stereocenters. The summed E-state index contributed by atoms with van der Waals surface area (Å²) in [6, 6.07) is 2.66. The number of amides is 1. The highest BCUT2D eigenvalue weighted by Gasteiger charge is 2.14. The van der Waals surface area contributed by atoms with Gasteiger partial charge in [-0.15, -0.1) is 0 Å². The fraction of sp³-hybridized carbons (Fsp3) is 0. The number of carbonyl (C=O) groups excluding carboxylic acids is 1. The van der Waals surface area contributed by atoms with E-state index in [1.165, 1.54) is 12.4 Å².